The maximum Gasteiger partial charge on any atom is 0.241 e. The van der Waals surface area contributed by atoms with Gasteiger partial charge in [0.1, 0.15) is 0 Å². The van der Waals surface area contributed by atoms with E-state index in [1.165, 1.54) is 24.3 Å². The number of rotatable bonds is 3. The molecular weight excluding hydrogens is 717 g/mol. The maximum absolute atomic E-state index is 12.7. The molecule has 9 nitrogen and oxygen atoms in total. The molecule has 219 valence electrons. The molecule has 6 aromatic rings. The van der Waals surface area contributed by atoms with E-state index in [1.54, 1.807) is 24.4 Å². The monoisotopic (exact) mass is 745 g/mol. The van der Waals surface area contributed by atoms with Crippen molar-refractivity contribution in [2.75, 3.05) is 0 Å². The van der Waals surface area contributed by atoms with E-state index in [9.17, 15) is 8.78 Å². The minimum atomic E-state index is -0.273. The van der Waals surface area contributed by atoms with Crippen molar-refractivity contribution >= 4 is 0 Å². The predicted molar refractivity (Wildman–Crippen MR) is 144 cm³/mol. The van der Waals surface area contributed by atoms with Gasteiger partial charge >= 0.3 is 0 Å². The molecule has 12 heteroatoms. The van der Waals surface area contributed by atoms with Gasteiger partial charge in [0.05, 0.1) is 25.6 Å². The van der Waals surface area contributed by atoms with Gasteiger partial charge in [0.15, 0.2) is 0 Å². The summed E-state index contributed by atoms with van der Waals surface area (Å²) in [5.74, 6) is -0.0834. The van der Waals surface area contributed by atoms with Crippen molar-refractivity contribution in [3.05, 3.63) is 120 Å². The minimum Gasteiger partial charge on any atom is -0.345 e. The Morgan fingerprint density at radius 1 is 0.762 bits per heavy atom. The summed E-state index contributed by atoms with van der Waals surface area (Å²) in [5, 5.41) is 14.0. The zero-order valence-electron chi connectivity index (χ0n) is 23.9. The molecule has 0 amide bonds. The van der Waals surface area contributed by atoms with Crippen LogP contribution in [0.4, 0.5) is 8.78 Å². The number of tetrazole rings is 1. The van der Waals surface area contributed by atoms with Crippen LogP contribution in [-0.2, 0) is 34.2 Å². The van der Waals surface area contributed by atoms with Crippen molar-refractivity contribution in [1.82, 2.24) is 34.7 Å². The molecule has 0 N–H and O–H groups in total. The van der Waals surface area contributed by atoms with Gasteiger partial charge in [-0.25, -0.2) is 0 Å². The molecule has 0 bridgehead atoms. The summed E-state index contributed by atoms with van der Waals surface area (Å²) in [5.41, 5.74) is 6.73. The molecule has 0 aliphatic rings. The van der Waals surface area contributed by atoms with E-state index in [0.29, 0.717) is 11.5 Å². The summed E-state index contributed by atoms with van der Waals surface area (Å²) >= 11 is 0. The van der Waals surface area contributed by atoms with Crippen LogP contribution in [0.1, 0.15) is 22.8 Å². The molecule has 0 saturated heterocycles. The number of nitrogens with zero attached hydrogens (tertiary/aromatic N) is 9. The van der Waals surface area contributed by atoms with Gasteiger partial charge in [0.25, 0.3) is 0 Å². The topological polar surface area (TPSA) is 83.3 Å². The summed E-state index contributed by atoms with van der Waals surface area (Å²) in [6.07, 6.45) is 7.93. The van der Waals surface area contributed by atoms with E-state index in [-0.39, 0.29) is 31.7 Å². The Morgan fingerprint density at radius 2 is 1.29 bits per heavy atom. The Kier molecular flexibility index (Phi) is 11.1. The molecule has 0 aliphatic heterocycles. The number of pyridine rings is 1. The van der Waals surface area contributed by atoms with Gasteiger partial charge in [-0.05, 0) is 39.8 Å². The van der Waals surface area contributed by atoms with Gasteiger partial charge in [0, 0.05) is 60.7 Å². The molecule has 4 heterocycles. The van der Waals surface area contributed by atoms with Crippen LogP contribution in [0.2, 0.25) is 0 Å². The Hall–Kier alpha value is -4.41. The first-order chi connectivity index (χ1) is 19.7. The molecule has 42 heavy (non-hydrogen) atoms. The molecule has 0 aliphatic carbocycles. The molecule has 0 unspecified atom stereocenters. The summed E-state index contributed by atoms with van der Waals surface area (Å²) in [6, 6.07) is 20.1. The van der Waals surface area contributed by atoms with E-state index >= 15 is 0 Å². The average molecular weight is 745 g/mol. The van der Waals surface area contributed by atoms with Crippen LogP contribution >= 0.6 is 0 Å². The van der Waals surface area contributed by atoms with E-state index < -0.39 is 0 Å². The van der Waals surface area contributed by atoms with Crippen molar-refractivity contribution in [3.63, 3.8) is 0 Å². The van der Waals surface area contributed by atoms with Crippen molar-refractivity contribution in [3.8, 4) is 22.9 Å². The Labute approximate surface area is 256 Å². The quantitative estimate of drug-likeness (QED) is 0.206. The van der Waals surface area contributed by atoms with E-state index in [0.717, 1.165) is 34.2 Å². The minimum absolute atomic E-state index is 0. The zero-order chi connectivity index (χ0) is 29.5. The fraction of sp³-hybridized carbons (Fsp3) is 0.200. The average Bonchev–Trinajstić information content (AvgIpc) is 3.68. The molecule has 1 radical (unpaired) electrons. The largest absolute Gasteiger partial charge is 0.345 e. The summed E-state index contributed by atoms with van der Waals surface area (Å²) < 4.78 is 33.0. The molecule has 0 saturated carbocycles. The third-order valence-electron chi connectivity index (χ3n) is 6.44. The number of halogens is 2. The molecule has 6 rings (SSSR count). The molecular formula is C30H28F2IrN9-3. The van der Waals surface area contributed by atoms with Crippen LogP contribution < -0.4 is 14.2 Å². The van der Waals surface area contributed by atoms with Crippen molar-refractivity contribution < 1.29 is 38.0 Å². The van der Waals surface area contributed by atoms with Gasteiger partial charge in [-0.3, -0.25) is 24.1 Å². The van der Waals surface area contributed by atoms with Gasteiger partial charge in [0.2, 0.25) is 12.7 Å². The fourth-order valence-corrected chi connectivity index (χ4v) is 3.69. The molecule has 0 atom stereocenters. The Bertz CT molecular complexity index is 1600. The second kappa shape index (κ2) is 14.5. The number of benzene rings is 2. The van der Waals surface area contributed by atoms with Gasteiger partial charge in [-0.2, -0.15) is 29.5 Å². The van der Waals surface area contributed by atoms with Gasteiger partial charge in [-0.1, -0.05) is 17.4 Å². The second-order valence-electron chi connectivity index (χ2n) is 9.03. The summed E-state index contributed by atoms with van der Waals surface area (Å²) in [6.45, 7) is 8.05. The normalized spacial score (nSPS) is 10.2. The summed E-state index contributed by atoms with van der Waals surface area (Å²) in [4.78, 5) is 4.02. The van der Waals surface area contributed by atoms with Gasteiger partial charge in [-0.15, -0.1) is 24.3 Å². The third kappa shape index (κ3) is 7.65. The van der Waals surface area contributed by atoms with Crippen LogP contribution in [0.5, 0.6) is 0 Å². The first-order valence-corrected chi connectivity index (χ1v) is 12.6. The van der Waals surface area contributed by atoms with Crippen LogP contribution in [0.3, 0.4) is 0 Å². The first kappa shape index (κ1) is 32.1. The number of imidazole rings is 2. The Balaban J connectivity index is 0.000000173. The molecule has 0 spiro atoms. The van der Waals surface area contributed by atoms with E-state index in [4.69, 9.17) is 0 Å². The van der Waals surface area contributed by atoms with E-state index in [1.807, 2.05) is 72.2 Å². The SMILES string of the molecule is Cc1c(C)[n+](C)[c-]n1-c1[c-]cc(F)cc1.Cc1c(C)[n+](C)[c-]n1-c1[c-]cc(F)cc1.[Ir].c1ccc(-c2nnn[n-]2)nc1. The number of hydrogen-bond acceptors (Lipinski definition) is 4. The van der Waals surface area contributed by atoms with Crippen molar-refractivity contribution in [2.45, 2.75) is 27.7 Å². The van der Waals surface area contributed by atoms with E-state index in [2.05, 4.69) is 50.4 Å². The third-order valence-corrected chi connectivity index (χ3v) is 6.44. The standard InChI is InChI=1S/2C12H12FN2.C6H4N5.Ir/c2*1-9-10(2)15(8-14(9)3)12-6-4-11(13)5-7-12;1-2-4-7-5(3-1)6-8-10-11-9-6;/h2*4-6H,1-3H3;1-4H;/q3*-1;. The maximum atomic E-state index is 12.7. The predicted octanol–water partition coefficient (Wildman–Crippen LogP) is 3.20. The van der Waals surface area contributed by atoms with Crippen molar-refractivity contribution in [2.24, 2.45) is 14.1 Å². The zero-order valence-corrected chi connectivity index (χ0v) is 26.3. The van der Waals surface area contributed by atoms with Crippen LogP contribution in [0, 0.1) is 64.1 Å². The van der Waals surface area contributed by atoms with Crippen LogP contribution in [-0.4, -0.2) is 29.6 Å². The van der Waals surface area contributed by atoms with Crippen LogP contribution in [0.15, 0.2) is 60.8 Å². The fourth-order valence-electron chi connectivity index (χ4n) is 3.69. The number of aromatic nitrogens is 9. The number of hydrogen-bond donors (Lipinski definition) is 0. The molecule has 4 aromatic heterocycles. The number of aryl methyl sites for hydroxylation is 2. The Morgan fingerprint density at radius 3 is 1.62 bits per heavy atom. The molecule has 0 fully saturated rings. The molecule has 2 aromatic carbocycles. The first-order valence-electron chi connectivity index (χ1n) is 12.6. The smallest absolute Gasteiger partial charge is 0.241 e. The summed E-state index contributed by atoms with van der Waals surface area (Å²) in [7, 11) is 3.87. The van der Waals surface area contributed by atoms with Gasteiger partial charge < -0.3 is 23.4 Å². The van der Waals surface area contributed by atoms with Crippen LogP contribution in [0.25, 0.3) is 22.9 Å². The second-order valence-corrected chi connectivity index (χ2v) is 9.03. The van der Waals surface area contributed by atoms with Crippen molar-refractivity contribution in [1.29, 1.82) is 0 Å².